The summed E-state index contributed by atoms with van der Waals surface area (Å²) in [5.41, 5.74) is -1.91. The van der Waals surface area contributed by atoms with E-state index in [1.54, 1.807) is 38.2 Å². The number of alkyl halides is 4. The molecule has 1 fully saturated rings. The van der Waals surface area contributed by atoms with Gasteiger partial charge in [-0.2, -0.15) is 13.2 Å². The molecular weight excluding hydrogens is 486 g/mol. The summed E-state index contributed by atoms with van der Waals surface area (Å²) in [6.07, 6.45) is -0.127. The van der Waals surface area contributed by atoms with Gasteiger partial charge in [0.1, 0.15) is 6.33 Å². The number of rotatable bonds is 7. The van der Waals surface area contributed by atoms with Gasteiger partial charge in [-0.15, -0.1) is 10.2 Å². The van der Waals surface area contributed by atoms with E-state index in [0.717, 1.165) is 25.3 Å². The molecule has 3 aromatic rings. The molecular formula is C27H29F4N5O. The standard InChI is InChI=1S/C27H29F4N5O/c1-4-26(28,24-34-33-16-35(24)3)18-7-5-8-19(13-18)36-15-21-20(23(36)37)11-17(12-22(21)27(29,30)31)14-32-25(2)9-6-10-25/h5,7-8,11-13,16,32H,4,6,9-10,14-15H2,1-3H3/t26-/m0/s1. The van der Waals surface area contributed by atoms with Crippen molar-refractivity contribution in [1.82, 2.24) is 20.1 Å². The van der Waals surface area contributed by atoms with Crippen LogP contribution in [-0.2, 0) is 32.0 Å². The van der Waals surface area contributed by atoms with Crippen LogP contribution >= 0.6 is 0 Å². The summed E-state index contributed by atoms with van der Waals surface area (Å²) in [6, 6.07) is 8.99. The third-order valence-electron chi connectivity index (χ3n) is 7.75. The third kappa shape index (κ3) is 4.41. The fourth-order valence-corrected chi connectivity index (χ4v) is 5.28. The number of carbonyl (C=O) groups excluding carboxylic acids is 1. The molecule has 1 atom stereocenters. The van der Waals surface area contributed by atoms with E-state index in [1.165, 1.54) is 21.9 Å². The smallest absolute Gasteiger partial charge is 0.318 e. The lowest BCUT2D eigenvalue weighted by Crippen LogP contribution is -2.47. The maximum Gasteiger partial charge on any atom is 0.416 e. The zero-order chi connectivity index (χ0) is 26.6. The quantitative estimate of drug-likeness (QED) is 0.413. The third-order valence-corrected chi connectivity index (χ3v) is 7.75. The largest absolute Gasteiger partial charge is 0.416 e. The van der Waals surface area contributed by atoms with Gasteiger partial charge in [-0.1, -0.05) is 19.1 Å². The first-order chi connectivity index (χ1) is 17.4. The Morgan fingerprint density at radius 3 is 2.49 bits per heavy atom. The maximum atomic E-state index is 16.2. The van der Waals surface area contributed by atoms with E-state index in [-0.39, 0.29) is 47.6 Å². The number of fused-ring (bicyclic) bond motifs is 1. The van der Waals surface area contributed by atoms with E-state index in [1.807, 2.05) is 0 Å². The number of hydrogen-bond acceptors (Lipinski definition) is 4. The van der Waals surface area contributed by atoms with Gasteiger partial charge in [0.15, 0.2) is 11.5 Å². The van der Waals surface area contributed by atoms with Crippen LogP contribution in [-0.4, -0.2) is 26.2 Å². The minimum atomic E-state index is -4.61. The Balaban J connectivity index is 1.50. The molecule has 2 aromatic carbocycles. The van der Waals surface area contributed by atoms with Crippen molar-refractivity contribution in [3.8, 4) is 0 Å². The van der Waals surface area contributed by atoms with E-state index in [0.29, 0.717) is 11.3 Å². The molecule has 2 heterocycles. The second-order valence-electron chi connectivity index (χ2n) is 10.3. The Labute approximate surface area is 212 Å². The Kier molecular flexibility index (Phi) is 6.13. The predicted octanol–water partition coefficient (Wildman–Crippen LogP) is 5.65. The van der Waals surface area contributed by atoms with Gasteiger partial charge >= 0.3 is 6.18 Å². The zero-order valence-electron chi connectivity index (χ0n) is 21.0. The number of benzene rings is 2. The van der Waals surface area contributed by atoms with Gasteiger partial charge in [0.25, 0.3) is 5.91 Å². The number of aromatic nitrogens is 3. The number of carbonyl (C=O) groups is 1. The lowest BCUT2D eigenvalue weighted by atomic mass is 9.78. The number of anilines is 1. The molecule has 1 aliphatic heterocycles. The van der Waals surface area contributed by atoms with Crippen LogP contribution in [0, 0.1) is 0 Å². The molecule has 1 aliphatic carbocycles. The van der Waals surface area contributed by atoms with Crippen molar-refractivity contribution in [2.24, 2.45) is 7.05 Å². The SMILES string of the molecule is CC[C@](F)(c1cccc(N2Cc3c(cc(CNC4(C)CCC4)cc3C(F)(F)F)C2=O)c1)c1nncn1C. The first kappa shape index (κ1) is 25.4. The zero-order valence-corrected chi connectivity index (χ0v) is 21.0. The second-order valence-corrected chi connectivity index (χ2v) is 10.3. The van der Waals surface area contributed by atoms with Crippen molar-refractivity contribution < 1.29 is 22.4 Å². The number of halogens is 4. The first-order valence-electron chi connectivity index (χ1n) is 12.4. The minimum Gasteiger partial charge on any atom is -0.318 e. The molecule has 1 amide bonds. The number of hydrogen-bond donors (Lipinski definition) is 1. The fraction of sp³-hybridized carbons (Fsp3) is 0.444. The van der Waals surface area contributed by atoms with Gasteiger partial charge in [0.05, 0.1) is 12.1 Å². The van der Waals surface area contributed by atoms with Crippen LogP contribution in [0.3, 0.4) is 0 Å². The van der Waals surface area contributed by atoms with Gasteiger partial charge in [0.2, 0.25) is 0 Å². The van der Waals surface area contributed by atoms with Crippen molar-refractivity contribution in [2.75, 3.05) is 4.90 Å². The maximum absolute atomic E-state index is 16.2. The average Bonchev–Trinajstić information content (AvgIpc) is 3.43. The Bertz CT molecular complexity index is 1350. The number of amides is 1. The van der Waals surface area contributed by atoms with Crippen LogP contribution in [0.25, 0.3) is 0 Å². The molecule has 0 bridgehead atoms. The van der Waals surface area contributed by atoms with Crippen LogP contribution in [0.15, 0.2) is 42.7 Å². The number of nitrogens with one attached hydrogen (secondary N) is 1. The van der Waals surface area contributed by atoms with Gasteiger partial charge in [-0.25, -0.2) is 4.39 Å². The summed E-state index contributed by atoms with van der Waals surface area (Å²) in [5, 5.41) is 11.0. The molecule has 0 spiro atoms. The topological polar surface area (TPSA) is 63.1 Å². The summed E-state index contributed by atoms with van der Waals surface area (Å²) in [4.78, 5) is 14.7. The van der Waals surface area contributed by atoms with Crippen molar-refractivity contribution in [1.29, 1.82) is 0 Å². The molecule has 37 heavy (non-hydrogen) atoms. The minimum absolute atomic E-state index is 0.0334. The van der Waals surface area contributed by atoms with Crippen molar-refractivity contribution in [3.05, 3.63) is 76.4 Å². The molecule has 0 saturated heterocycles. The molecule has 1 aromatic heterocycles. The Morgan fingerprint density at radius 1 is 1.14 bits per heavy atom. The molecule has 6 nitrogen and oxygen atoms in total. The molecule has 1 N–H and O–H groups in total. The molecule has 1 saturated carbocycles. The summed E-state index contributed by atoms with van der Waals surface area (Å²) >= 11 is 0. The molecule has 2 aliphatic rings. The first-order valence-corrected chi connectivity index (χ1v) is 12.4. The van der Waals surface area contributed by atoms with Crippen LogP contribution in [0.1, 0.15) is 78.0 Å². The lowest BCUT2D eigenvalue weighted by Gasteiger charge is -2.39. The van der Waals surface area contributed by atoms with Gasteiger partial charge in [-0.05, 0) is 73.6 Å². The van der Waals surface area contributed by atoms with E-state index in [9.17, 15) is 18.0 Å². The summed E-state index contributed by atoms with van der Waals surface area (Å²) < 4.78 is 59.9. The van der Waals surface area contributed by atoms with Crippen molar-refractivity contribution >= 4 is 11.6 Å². The summed E-state index contributed by atoms with van der Waals surface area (Å²) in [7, 11) is 1.64. The highest BCUT2D eigenvalue weighted by Gasteiger charge is 2.42. The number of nitrogens with zero attached hydrogens (tertiary/aromatic N) is 4. The van der Waals surface area contributed by atoms with E-state index >= 15 is 4.39 Å². The highest BCUT2D eigenvalue weighted by molar-refractivity contribution is 6.10. The van der Waals surface area contributed by atoms with Crippen LogP contribution in [0.5, 0.6) is 0 Å². The normalized spacial score (nSPS) is 18.5. The average molecular weight is 516 g/mol. The van der Waals surface area contributed by atoms with Gasteiger partial charge < -0.3 is 14.8 Å². The molecule has 0 unspecified atom stereocenters. The number of aryl methyl sites for hydroxylation is 1. The molecule has 10 heteroatoms. The highest BCUT2D eigenvalue weighted by Crippen LogP contribution is 2.42. The molecule has 196 valence electrons. The highest BCUT2D eigenvalue weighted by atomic mass is 19.4. The van der Waals surface area contributed by atoms with Crippen LogP contribution in [0.2, 0.25) is 0 Å². The Morgan fingerprint density at radius 2 is 1.89 bits per heavy atom. The summed E-state index contributed by atoms with van der Waals surface area (Å²) in [5.74, 6) is -0.422. The fourth-order valence-electron chi connectivity index (χ4n) is 5.28. The van der Waals surface area contributed by atoms with Gasteiger partial charge in [-0.3, -0.25) is 4.79 Å². The van der Waals surface area contributed by atoms with E-state index < -0.39 is 23.3 Å². The lowest BCUT2D eigenvalue weighted by molar-refractivity contribution is -0.138. The predicted molar refractivity (Wildman–Crippen MR) is 131 cm³/mol. The summed E-state index contributed by atoms with van der Waals surface area (Å²) in [6.45, 7) is 3.73. The van der Waals surface area contributed by atoms with Crippen molar-refractivity contribution in [3.63, 3.8) is 0 Å². The monoisotopic (exact) mass is 515 g/mol. The second kappa shape index (κ2) is 8.93. The van der Waals surface area contributed by atoms with Crippen LogP contribution < -0.4 is 10.2 Å². The van der Waals surface area contributed by atoms with Gasteiger partial charge in [0, 0.05) is 30.4 Å². The Hall–Kier alpha value is -3.27. The molecule has 0 radical (unpaired) electrons. The van der Waals surface area contributed by atoms with Crippen LogP contribution in [0.4, 0.5) is 23.2 Å². The van der Waals surface area contributed by atoms with Crippen molar-refractivity contribution in [2.45, 2.75) is 70.0 Å². The van der Waals surface area contributed by atoms with E-state index in [4.69, 9.17) is 0 Å². The molecule has 5 rings (SSSR count). The van der Waals surface area contributed by atoms with E-state index in [2.05, 4.69) is 22.4 Å².